The van der Waals surface area contributed by atoms with Crippen LogP contribution in [-0.2, 0) is 14.8 Å². The van der Waals surface area contributed by atoms with Crippen molar-refractivity contribution in [2.45, 2.75) is 37.7 Å². The largest absolute Gasteiger partial charge is 0.325 e. The lowest BCUT2D eigenvalue weighted by atomic mass is 10.1. The molecule has 0 spiro atoms. The maximum atomic E-state index is 12.5. The molecule has 1 amide bonds. The van der Waals surface area contributed by atoms with Crippen LogP contribution < -0.4 is 10.5 Å². The Bertz CT molecular complexity index is 1220. The highest BCUT2D eigenvalue weighted by atomic mass is 32.2. The van der Waals surface area contributed by atoms with Gasteiger partial charge in [-0.05, 0) is 84.6 Å². The first-order valence-corrected chi connectivity index (χ1v) is 11.5. The zero-order valence-corrected chi connectivity index (χ0v) is 18.6. The number of amides is 1. The Labute approximate surface area is 179 Å². The standard InChI is InChI=1S/C19H22N6O3S2/c1-11-5-6-15(7-12(11)2)25-19(22-23-24-25)29-10-18(26)21-17-9-16(30(20,27)28)8-13(3)14(17)4/h5-9H,10H2,1-4H3,(H,21,26)(H2,20,27,28). The molecule has 0 aliphatic heterocycles. The normalized spacial score (nSPS) is 11.5. The molecule has 158 valence electrons. The van der Waals surface area contributed by atoms with Gasteiger partial charge in [0.2, 0.25) is 21.1 Å². The van der Waals surface area contributed by atoms with Gasteiger partial charge in [-0.15, -0.1) is 5.10 Å². The lowest BCUT2D eigenvalue weighted by molar-refractivity contribution is -0.113. The summed E-state index contributed by atoms with van der Waals surface area (Å²) in [5.74, 6) is -0.271. The van der Waals surface area contributed by atoms with Gasteiger partial charge in [-0.25, -0.2) is 13.6 Å². The zero-order valence-electron chi connectivity index (χ0n) is 17.0. The summed E-state index contributed by atoms with van der Waals surface area (Å²) in [5.41, 5.74) is 4.95. The molecule has 1 aromatic heterocycles. The van der Waals surface area contributed by atoms with Crippen molar-refractivity contribution in [3.05, 3.63) is 52.6 Å². The first-order valence-electron chi connectivity index (χ1n) is 8.99. The number of carbonyl (C=O) groups is 1. The number of nitrogens with zero attached hydrogens (tertiary/aromatic N) is 4. The number of anilines is 1. The molecular formula is C19H22N6O3S2. The zero-order chi connectivity index (χ0) is 22.1. The molecule has 30 heavy (non-hydrogen) atoms. The third-order valence-corrected chi connectivity index (χ3v) is 6.56. The molecule has 9 nitrogen and oxygen atoms in total. The predicted molar refractivity (Wildman–Crippen MR) is 115 cm³/mol. The van der Waals surface area contributed by atoms with E-state index in [9.17, 15) is 13.2 Å². The minimum absolute atomic E-state index is 0.0449. The van der Waals surface area contributed by atoms with Gasteiger partial charge in [0.25, 0.3) is 0 Å². The number of hydrogen-bond acceptors (Lipinski definition) is 7. The van der Waals surface area contributed by atoms with E-state index in [1.807, 2.05) is 32.0 Å². The van der Waals surface area contributed by atoms with Crippen molar-refractivity contribution in [1.82, 2.24) is 20.2 Å². The summed E-state index contributed by atoms with van der Waals surface area (Å²) >= 11 is 1.18. The number of tetrazole rings is 1. The molecule has 0 unspecified atom stereocenters. The molecule has 0 bridgehead atoms. The van der Waals surface area contributed by atoms with Crippen molar-refractivity contribution >= 4 is 33.4 Å². The van der Waals surface area contributed by atoms with E-state index >= 15 is 0 Å². The van der Waals surface area contributed by atoms with Crippen LogP contribution >= 0.6 is 11.8 Å². The number of rotatable bonds is 6. The van der Waals surface area contributed by atoms with Crippen LogP contribution in [0, 0.1) is 27.7 Å². The molecule has 2 aromatic carbocycles. The van der Waals surface area contributed by atoms with Crippen LogP contribution in [0.4, 0.5) is 5.69 Å². The molecule has 3 N–H and O–H groups in total. The molecule has 0 saturated carbocycles. The fraction of sp³-hybridized carbons (Fsp3) is 0.263. The number of sulfonamides is 1. The van der Waals surface area contributed by atoms with Crippen LogP contribution in [0.2, 0.25) is 0 Å². The molecule has 3 aromatic rings. The van der Waals surface area contributed by atoms with Gasteiger partial charge in [0, 0.05) is 5.69 Å². The lowest BCUT2D eigenvalue weighted by Crippen LogP contribution is -2.18. The summed E-state index contributed by atoms with van der Waals surface area (Å²) in [6.45, 7) is 7.58. The van der Waals surface area contributed by atoms with Crippen molar-refractivity contribution in [2.24, 2.45) is 5.14 Å². The van der Waals surface area contributed by atoms with Crippen molar-refractivity contribution in [2.75, 3.05) is 11.1 Å². The number of primary sulfonamides is 1. The molecular weight excluding hydrogens is 424 g/mol. The second-order valence-corrected chi connectivity index (χ2v) is 9.44. The Morgan fingerprint density at radius 3 is 2.50 bits per heavy atom. The highest BCUT2D eigenvalue weighted by molar-refractivity contribution is 7.99. The second-order valence-electron chi connectivity index (χ2n) is 6.94. The van der Waals surface area contributed by atoms with E-state index < -0.39 is 10.0 Å². The van der Waals surface area contributed by atoms with Crippen LogP contribution in [0.5, 0.6) is 0 Å². The second kappa shape index (κ2) is 8.54. The Balaban J connectivity index is 1.74. The van der Waals surface area contributed by atoms with Crippen LogP contribution in [0.3, 0.4) is 0 Å². The summed E-state index contributed by atoms with van der Waals surface area (Å²) in [5, 5.41) is 20.1. The highest BCUT2D eigenvalue weighted by Gasteiger charge is 2.16. The Kier molecular flexibility index (Phi) is 6.25. The van der Waals surface area contributed by atoms with Gasteiger partial charge in [-0.1, -0.05) is 17.8 Å². The quantitative estimate of drug-likeness (QED) is 0.555. The molecule has 3 rings (SSSR count). The maximum absolute atomic E-state index is 12.5. The van der Waals surface area contributed by atoms with Gasteiger partial charge in [0.05, 0.1) is 16.3 Å². The number of aryl methyl sites for hydroxylation is 3. The van der Waals surface area contributed by atoms with Crippen molar-refractivity contribution in [1.29, 1.82) is 0 Å². The summed E-state index contributed by atoms with van der Waals surface area (Å²) in [6.07, 6.45) is 0. The number of hydrogen-bond donors (Lipinski definition) is 2. The monoisotopic (exact) mass is 446 g/mol. The average Bonchev–Trinajstić information content (AvgIpc) is 3.13. The van der Waals surface area contributed by atoms with Crippen molar-refractivity contribution in [3.63, 3.8) is 0 Å². The molecule has 11 heteroatoms. The number of benzene rings is 2. The molecule has 0 aliphatic rings. The van der Waals surface area contributed by atoms with Crippen LogP contribution in [-0.4, -0.2) is 40.3 Å². The van der Waals surface area contributed by atoms with E-state index in [0.717, 1.165) is 22.4 Å². The smallest absolute Gasteiger partial charge is 0.238 e. The van der Waals surface area contributed by atoms with E-state index in [4.69, 9.17) is 5.14 Å². The van der Waals surface area contributed by atoms with Crippen LogP contribution in [0.1, 0.15) is 22.3 Å². The minimum atomic E-state index is -3.88. The van der Waals surface area contributed by atoms with Gasteiger partial charge in [0.1, 0.15) is 0 Å². The summed E-state index contributed by atoms with van der Waals surface area (Å²) < 4.78 is 24.9. The third-order valence-electron chi connectivity index (χ3n) is 4.75. The van der Waals surface area contributed by atoms with Crippen LogP contribution in [0.25, 0.3) is 5.69 Å². The Morgan fingerprint density at radius 1 is 1.10 bits per heavy atom. The number of carbonyl (C=O) groups excluding carboxylic acids is 1. The van der Waals surface area contributed by atoms with Gasteiger partial charge in [-0.2, -0.15) is 4.68 Å². The first kappa shape index (κ1) is 21.9. The topological polar surface area (TPSA) is 133 Å². The van der Waals surface area contributed by atoms with E-state index in [-0.39, 0.29) is 16.6 Å². The fourth-order valence-electron chi connectivity index (χ4n) is 2.73. The SMILES string of the molecule is Cc1ccc(-n2nnnc2SCC(=O)Nc2cc(S(N)(=O)=O)cc(C)c2C)cc1C. The first-order chi connectivity index (χ1) is 14.1. The number of nitrogens with one attached hydrogen (secondary N) is 1. The van der Waals surface area contributed by atoms with E-state index in [1.165, 1.54) is 23.9 Å². The summed E-state index contributed by atoms with van der Waals surface area (Å²) in [6, 6.07) is 8.71. The number of thioether (sulfide) groups is 1. The van der Waals surface area contributed by atoms with Gasteiger partial charge >= 0.3 is 0 Å². The van der Waals surface area contributed by atoms with E-state index in [1.54, 1.807) is 18.5 Å². The number of nitrogens with two attached hydrogens (primary N) is 1. The van der Waals surface area contributed by atoms with Crippen molar-refractivity contribution < 1.29 is 13.2 Å². The average molecular weight is 447 g/mol. The Hall–Kier alpha value is -2.76. The third kappa shape index (κ3) is 4.86. The van der Waals surface area contributed by atoms with Gasteiger partial charge in [-0.3, -0.25) is 4.79 Å². The molecule has 0 aliphatic carbocycles. The highest BCUT2D eigenvalue weighted by Crippen LogP contribution is 2.25. The van der Waals surface area contributed by atoms with Crippen LogP contribution in [0.15, 0.2) is 40.4 Å². The maximum Gasteiger partial charge on any atom is 0.238 e. The number of aromatic nitrogens is 4. The summed E-state index contributed by atoms with van der Waals surface area (Å²) in [7, 11) is -3.88. The molecule has 0 saturated heterocycles. The van der Waals surface area contributed by atoms with Gasteiger partial charge < -0.3 is 5.32 Å². The predicted octanol–water partition coefficient (Wildman–Crippen LogP) is 2.27. The molecule has 0 radical (unpaired) electrons. The molecule has 0 fully saturated rings. The Morgan fingerprint density at radius 2 is 1.83 bits per heavy atom. The summed E-state index contributed by atoms with van der Waals surface area (Å²) in [4.78, 5) is 12.4. The van der Waals surface area contributed by atoms with Crippen molar-refractivity contribution in [3.8, 4) is 5.69 Å². The molecule has 1 heterocycles. The fourth-order valence-corrected chi connectivity index (χ4v) is 4.04. The lowest BCUT2D eigenvalue weighted by Gasteiger charge is -2.12. The molecule has 0 atom stereocenters. The van der Waals surface area contributed by atoms with E-state index in [2.05, 4.69) is 20.8 Å². The van der Waals surface area contributed by atoms with Gasteiger partial charge in [0.15, 0.2) is 0 Å². The minimum Gasteiger partial charge on any atom is -0.325 e. The van der Waals surface area contributed by atoms with E-state index in [0.29, 0.717) is 16.4 Å².